The Morgan fingerprint density at radius 1 is 1.36 bits per heavy atom. The minimum atomic E-state index is -0.314. The zero-order valence-electron chi connectivity index (χ0n) is 14.5. The Bertz CT molecular complexity index is 619. The molecule has 0 saturated carbocycles. The average molecular weight is 368 g/mol. The van der Waals surface area contributed by atoms with Crippen LogP contribution in [0.4, 0.5) is 0 Å². The largest absolute Gasteiger partial charge is 0.466 e. The highest BCUT2D eigenvalue weighted by molar-refractivity contribution is 7.09. The number of carbonyl (C=O) groups is 3. The highest BCUT2D eigenvalue weighted by atomic mass is 32.1. The zero-order valence-corrected chi connectivity index (χ0v) is 15.4. The Morgan fingerprint density at radius 3 is 2.80 bits per heavy atom. The zero-order chi connectivity index (χ0) is 18.2. The Labute approximate surface area is 150 Å². The molecule has 0 spiro atoms. The Morgan fingerprint density at radius 2 is 2.12 bits per heavy atom. The number of hydrazine groups is 1. The Balaban J connectivity index is 1.70. The van der Waals surface area contributed by atoms with Crippen LogP contribution in [0.15, 0.2) is 5.38 Å². The van der Waals surface area contributed by atoms with Crippen molar-refractivity contribution in [3.05, 3.63) is 16.1 Å². The Kier molecular flexibility index (Phi) is 7.32. The molecular weight excluding hydrogens is 344 g/mol. The van der Waals surface area contributed by atoms with Gasteiger partial charge >= 0.3 is 5.97 Å². The number of piperidine rings is 1. The summed E-state index contributed by atoms with van der Waals surface area (Å²) in [4.78, 5) is 41.7. The highest BCUT2D eigenvalue weighted by Gasteiger charge is 2.27. The molecule has 0 aliphatic carbocycles. The van der Waals surface area contributed by atoms with E-state index >= 15 is 0 Å². The lowest BCUT2D eigenvalue weighted by atomic mass is 9.98. The molecule has 0 aromatic carbocycles. The summed E-state index contributed by atoms with van der Waals surface area (Å²) in [5.41, 5.74) is 5.67. The van der Waals surface area contributed by atoms with Crippen LogP contribution >= 0.6 is 11.3 Å². The van der Waals surface area contributed by atoms with Gasteiger partial charge in [0.1, 0.15) is 5.01 Å². The molecule has 8 nitrogen and oxygen atoms in total. The van der Waals surface area contributed by atoms with Crippen LogP contribution in [-0.2, 0) is 25.5 Å². The highest BCUT2D eigenvalue weighted by Crippen LogP contribution is 2.17. The van der Waals surface area contributed by atoms with E-state index in [0.29, 0.717) is 18.2 Å². The molecule has 1 aromatic heterocycles. The van der Waals surface area contributed by atoms with Gasteiger partial charge in [0, 0.05) is 17.6 Å². The summed E-state index contributed by atoms with van der Waals surface area (Å²) in [7, 11) is 0. The maximum absolute atomic E-state index is 12.0. The van der Waals surface area contributed by atoms with Gasteiger partial charge in [-0.1, -0.05) is 0 Å². The molecule has 1 aliphatic rings. The average Bonchev–Trinajstić information content (AvgIpc) is 2.98. The van der Waals surface area contributed by atoms with Crippen molar-refractivity contribution in [3.63, 3.8) is 0 Å². The number of nitrogens with one attached hydrogen (secondary N) is 2. The molecule has 25 heavy (non-hydrogen) atoms. The van der Waals surface area contributed by atoms with Crippen molar-refractivity contribution in [1.29, 1.82) is 0 Å². The number of carbonyl (C=O) groups excluding carboxylic acids is 3. The molecule has 1 atom stereocenters. The van der Waals surface area contributed by atoms with Crippen LogP contribution in [-0.4, -0.2) is 53.9 Å². The van der Waals surface area contributed by atoms with Gasteiger partial charge in [-0.15, -0.1) is 11.3 Å². The van der Waals surface area contributed by atoms with Crippen molar-refractivity contribution < 1.29 is 19.1 Å². The topological polar surface area (TPSA) is 101 Å². The Hall–Kier alpha value is -2.00. The first kappa shape index (κ1) is 19.3. The third-order valence-electron chi connectivity index (χ3n) is 3.81. The van der Waals surface area contributed by atoms with Gasteiger partial charge < -0.3 is 4.74 Å². The number of hydrogen-bond acceptors (Lipinski definition) is 7. The van der Waals surface area contributed by atoms with Gasteiger partial charge in [0.15, 0.2) is 0 Å². The number of esters is 1. The molecule has 1 aromatic rings. The fourth-order valence-corrected chi connectivity index (χ4v) is 3.47. The van der Waals surface area contributed by atoms with E-state index in [9.17, 15) is 14.4 Å². The van der Waals surface area contributed by atoms with Crippen LogP contribution in [0.3, 0.4) is 0 Å². The van der Waals surface area contributed by atoms with Gasteiger partial charge in [-0.05, 0) is 33.2 Å². The second-order valence-electron chi connectivity index (χ2n) is 5.98. The molecule has 1 fully saturated rings. The van der Waals surface area contributed by atoms with E-state index in [-0.39, 0.29) is 36.7 Å². The molecule has 0 radical (unpaired) electrons. The van der Waals surface area contributed by atoms with Crippen LogP contribution < -0.4 is 10.9 Å². The minimum Gasteiger partial charge on any atom is -0.466 e. The summed E-state index contributed by atoms with van der Waals surface area (Å²) < 4.78 is 5.04. The van der Waals surface area contributed by atoms with E-state index in [1.54, 1.807) is 6.92 Å². The van der Waals surface area contributed by atoms with E-state index in [2.05, 4.69) is 15.8 Å². The summed E-state index contributed by atoms with van der Waals surface area (Å²) >= 11 is 1.41. The molecule has 0 bridgehead atoms. The number of ether oxygens (including phenoxy) is 1. The number of thiazole rings is 1. The lowest BCUT2D eigenvalue weighted by molar-refractivity contribution is -0.150. The maximum Gasteiger partial charge on any atom is 0.310 e. The first-order valence-electron chi connectivity index (χ1n) is 8.35. The first-order chi connectivity index (χ1) is 12.0. The number of hydrogen-bond donors (Lipinski definition) is 2. The van der Waals surface area contributed by atoms with Gasteiger partial charge in [-0.3, -0.25) is 30.1 Å². The molecule has 1 saturated heterocycles. The molecule has 9 heteroatoms. The van der Waals surface area contributed by atoms with Crippen molar-refractivity contribution in [3.8, 4) is 0 Å². The third kappa shape index (κ3) is 6.43. The molecule has 138 valence electrons. The number of nitrogens with zero attached hydrogens (tertiary/aromatic N) is 2. The SMILES string of the molecule is CCOC(=O)[C@@H]1CCCN(CC(=O)NNC(=O)Cc2nc(C)cs2)C1. The van der Waals surface area contributed by atoms with Gasteiger partial charge in [0.25, 0.3) is 5.91 Å². The summed E-state index contributed by atoms with van der Waals surface area (Å²) in [6, 6.07) is 0. The predicted octanol–water partition coefficient (Wildman–Crippen LogP) is 0.417. The number of rotatable bonds is 6. The van der Waals surface area contributed by atoms with Crippen molar-refractivity contribution in [1.82, 2.24) is 20.7 Å². The molecule has 2 N–H and O–H groups in total. The molecule has 2 amide bonds. The van der Waals surface area contributed by atoms with Gasteiger partial charge in [0.05, 0.1) is 25.5 Å². The van der Waals surface area contributed by atoms with Crippen LogP contribution in [0.5, 0.6) is 0 Å². The van der Waals surface area contributed by atoms with Crippen LogP contribution in [0, 0.1) is 12.8 Å². The van der Waals surface area contributed by atoms with Crippen LogP contribution in [0.25, 0.3) is 0 Å². The minimum absolute atomic E-state index is 0.131. The second kappa shape index (κ2) is 9.47. The lowest BCUT2D eigenvalue weighted by Gasteiger charge is -2.30. The van der Waals surface area contributed by atoms with E-state index in [1.807, 2.05) is 17.2 Å². The van der Waals surface area contributed by atoms with E-state index < -0.39 is 0 Å². The monoisotopic (exact) mass is 368 g/mol. The maximum atomic E-state index is 12.0. The second-order valence-corrected chi connectivity index (χ2v) is 6.92. The first-order valence-corrected chi connectivity index (χ1v) is 9.23. The summed E-state index contributed by atoms with van der Waals surface area (Å²) in [6.45, 7) is 5.38. The van der Waals surface area contributed by atoms with Crippen molar-refractivity contribution in [2.24, 2.45) is 5.92 Å². The summed E-state index contributed by atoms with van der Waals surface area (Å²) in [5.74, 6) is -1.03. The molecule has 2 heterocycles. The molecule has 0 unspecified atom stereocenters. The van der Waals surface area contributed by atoms with Gasteiger partial charge in [0.2, 0.25) is 5.91 Å². The molecule has 1 aliphatic heterocycles. The smallest absolute Gasteiger partial charge is 0.310 e. The molecular formula is C16H24N4O4S. The van der Waals surface area contributed by atoms with Gasteiger partial charge in [-0.2, -0.15) is 0 Å². The van der Waals surface area contributed by atoms with Crippen molar-refractivity contribution in [2.75, 3.05) is 26.2 Å². The summed E-state index contributed by atoms with van der Waals surface area (Å²) in [6.07, 6.45) is 1.75. The number of likely N-dealkylation sites (tertiary alicyclic amines) is 1. The standard InChI is InChI=1S/C16H24N4O4S/c1-3-24-16(23)12-5-4-6-20(8-12)9-14(22)19-18-13(21)7-15-17-11(2)10-25-15/h10,12H,3-9H2,1-2H3,(H,18,21)(H,19,22)/t12-/m1/s1. The predicted molar refractivity (Wildman–Crippen MR) is 92.6 cm³/mol. The number of aromatic nitrogens is 1. The van der Waals surface area contributed by atoms with Crippen molar-refractivity contribution >= 4 is 29.1 Å². The van der Waals surface area contributed by atoms with E-state index in [0.717, 1.165) is 25.1 Å². The van der Waals surface area contributed by atoms with E-state index in [1.165, 1.54) is 11.3 Å². The number of amides is 2. The number of aryl methyl sites for hydroxylation is 1. The fourth-order valence-electron chi connectivity index (χ4n) is 2.70. The molecule has 2 rings (SSSR count). The van der Waals surface area contributed by atoms with Crippen LogP contribution in [0.2, 0.25) is 0 Å². The quantitative estimate of drug-likeness (QED) is 0.557. The van der Waals surface area contributed by atoms with Crippen LogP contribution in [0.1, 0.15) is 30.5 Å². The normalized spacial score (nSPS) is 17.8. The van der Waals surface area contributed by atoms with Gasteiger partial charge in [-0.25, -0.2) is 4.98 Å². The van der Waals surface area contributed by atoms with Crippen molar-refractivity contribution in [2.45, 2.75) is 33.1 Å². The summed E-state index contributed by atoms with van der Waals surface area (Å²) in [5, 5.41) is 2.58. The fraction of sp³-hybridized carbons (Fsp3) is 0.625. The third-order valence-corrected chi connectivity index (χ3v) is 4.78. The van der Waals surface area contributed by atoms with E-state index in [4.69, 9.17) is 4.74 Å². The lowest BCUT2D eigenvalue weighted by Crippen LogP contribution is -2.49.